The fourth-order valence-electron chi connectivity index (χ4n) is 2.88. The van der Waals surface area contributed by atoms with Gasteiger partial charge in [-0.15, -0.1) is 0 Å². The van der Waals surface area contributed by atoms with Crippen molar-refractivity contribution in [3.05, 3.63) is 58.6 Å². The van der Waals surface area contributed by atoms with Gasteiger partial charge in [0.15, 0.2) is 0 Å². The fraction of sp³-hybridized carbons (Fsp3) is 0.300. The number of nitrogens with one attached hydrogen (secondary N) is 2. The second-order valence-electron chi connectivity index (χ2n) is 7.18. The number of benzene rings is 2. The highest BCUT2D eigenvalue weighted by Gasteiger charge is 2.29. The lowest BCUT2D eigenvalue weighted by Crippen LogP contribution is -2.38. The van der Waals surface area contributed by atoms with Crippen molar-refractivity contribution in [3.8, 4) is 0 Å². The molecule has 0 heterocycles. The predicted molar refractivity (Wildman–Crippen MR) is 117 cm³/mol. The van der Waals surface area contributed by atoms with E-state index in [9.17, 15) is 31.2 Å². The number of likely N-dealkylation sites (N-methyl/N-ethyl adjacent to an activating group) is 1. The van der Waals surface area contributed by atoms with E-state index in [1.165, 1.54) is 13.1 Å². The highest BCUT2D eigenvalue weighted by molar-refractivity contribution is 7.89. The van der Waals surface area contributed by atoms with Gasteiger partial charge in [-0.25, -0.2) is 13.6 Å². The van der Waals surface area contributed by atoms with Gasteiger partial charge >= 0.3 is 6.18 Å². The molecule has 0 atom stereocenters. The molecule has 0 spiro atoms. The number of alkyl halides is 3. The van der Waals surface area contributed by atoms with Gasteiger partial charge in [0.1, 0.15) is 0 Å². The first-order valence-electron chi connectivity index (χ1n) is 9.50. The van der Waals surface area contributed by atoms with Gasteiger partial charge in [0.05, 0.1) is 23.4 Å². The minimum absolute atomic E-state index is 0.0714. The van der Waals surface area contributed by atoms with Crippen LogP contribution in [0.3, 0.4) is 0 Å². The zero-order valence-electron chi connectivity index (χ0n) is 17.4. The Bertz CT molecular complexity index is 1130. The van der Waals surface area contributed by atoms with E-state index >= 15 is 0 Å². The molecule has 8 nitrogen and oxygen atoms in total. The predicted octanol–water partition coefficient (Wildman–Crippen LogP) is 2.39. The molecule has 0 radical (unpaired) electrons. The standard InChI is InChI=1S/C20H22ClF3N4O4S/c1-28(12-20(22,23)24)9-8-26-19(30)15-7-6-14(11-17(15)33(25,31)32)27-18(29)10-13-4-2-3-5-16(13)21/h2-7,11H,8-10,12H2,1H3,(H,26,30)(H,27,29)(H2,25,31,32). The average Bonchev–Trinajstić information content (AvgIpc) is 2.67. The number of rotatable bonds is 9. The molecule has 13 heteroatoms. The van der Waals surface area contributed by atoms with E-state index in [-0.39, 0.29) is 30.8 Å². The maximum absolute atomic E-state index is 12.4. The van der Waals surface area contributed by atoms with E-state index in [0.29, 0.717) is 10.6 Å². The van der Waals surface area contributed by atoms with Crippen LogP contribution in [0.4, 0.5) is 18.9 Å². The number of hydrogen-bond acceptors (Lipinski definition) is 5. The zero-order valence-corrected chi connectivity index (χ0v) is 19.0. The Morgan fingerprint density at radius 2 is 1.82 bits per heavy atom. The van der Waals surface area contributed by atoms with Crippen LogP contribution in [0.5, 0.6) is 0 Å². The van der Waals surface area contributed by atoms with Crippen molar-refractivity contribution in [1.82, 2.24) is 10.2 Å². The minimum atomic E-state index is -4.38. The highest BCUT2D eigenvalue weighted by Crippen LogP contribution is 2.21. The Morgan fingerprint density at radius 3 is 2.42 bits per heavy atom. The molecule has 0 aromatic heterocycles. The third-order valence-corrected chi connectivity index (χ3v) is 5.67. The molecule has 0 aliphatic heterocycles. The molecule has 0 aliphatic rings. The van der Waals surface area contributed by atoms with Crippen molar-refractivity contribution >= 4 is 39.1 Å². The molecule has 33 heavy (non-hydrogen) atoms. The zero-order chi connectivity index (χ0) is 24.8. The number of primary sulfonamides is 1. The van der Waals surface area contributed by atoms with Crippen LogP contribution in [0.1, 0.15) is 15.9 Å². The molecule has 180 valence electrons. The average molecular weight is 507 g/mol. The van der Waals surface area contributed by atoms with Crippen molar-refractivity contribution in [1.29, 1.82) is 0 Å². The number of amides is 2. The lowest BCUT2D eigenvalue weighted by molar-refractivity contribution is -0.142. The summed E-state index contributed by atoms with van der Waals surface area (Å²) in [4.78, 5) is 25.1. The summed E-state index contributed by atoms with van der Waals surface area (Å²) in [7, 11) is -3.13. The van der Waals surface area contributed by atoms with E-state index in [1.807, 2.05) is 0 Å². The van der Waals surface area contributed by atoms with Gasteiger partial charge in [0.25, 0.3) is 5.91 Å². The summed E-state index contributed by atoms with van der Waals surface area (Å²) < 4.78 is 61.1. The summed E-state index contributed by atoms with van der Waals surface area (Å²) in [5.41, 5.74) is 0.340. The van der Waals surface area contributed by atoms with Gasteiger partial charge in [0.2, 0.25) is 15.9 Å². The van der Waals surface area contributed by atoms with Gasteiger partial charge in [-0.3, -0.25) is 14.5 Å². The fourth-order valence-corrected chi connectivity index (χ4v) is 3.84. The molecule has 0 saturated heterocycles. The summed E-state index contributed by atoms with van der Waals surface area (Å²) in [6, 6.07) is 10.2. The van der Waals surface area contributed by atoms with Crippen molar-refractivity contribution in [3.63, 3.8) is 0 Å². The number of anilines is 1. The molecule has 0 fully saturated rings. The third kappa shape index (κ3) is 8.65. The smallest absolute Gasteiger partial charge is 0.351 e. The van der Waals surface area contributed by atoms with Crippen molar-refractivity contribution in [2.45, 2.75) is 17.5 Å². The summed E-state index contributed by atoms with van der Waals surface area (Å²) in [6.45, 7) is -1.44. The number of carbonyl (C=O) groups is 2. The largest absolute Gasteiger partial charge is 0.401 e. The first-order chi connectivity index (χ1) is 15.3. The SMILES string of the molecule is CN(CCNC(=O)c1ccc(NC(=O)Cc2ccccc2Cl)cc1S(N)(=O)=O)CC(F)(F)F. The Hall–Kier alpha value is -2.67. The van der Waals surface area contributed by atoms with Crippen LogP contribution in [0.25, 0.3) is 0 Å². The second kappa shape index (κ2) is 11.0. The minimum Gasteiger partial charge on any atom is -0.351 e. The molecule has 4 N–H and O–H groups in total. The lowest BCUT2D eigenvalue weighted by atomic mass is 10.1. The van der Waals surface area contributed by atoms with Crippen LogP contribution < -0.4 is 15.8 Å². The Morgan fingerprint density at radius 1 is 1.15 bits per heavy atom. The van der Waals surface area contributed by atoms with E-state index in [2.05, 4.69) is 10.6 Å². The maximum atomic E-state index is 12.4. The second-order valence-corrected chi connectivity index (χ2v) is 9.12. The van der Waals surface area contributed by atoms with Crippen molar-refractivity contribution in [2.24, 2.45) is 5.14 Å². The molecule has 0 bridgehead atoms. The summed E-state index contributed by atoms with van der Waals surface area (Å²) in [5, 5.41) is 10.5. The molecular formula is C20H22ClF3N4O4S. The summed E-state index contributed by atoms with van der Waals surface area (Å²) in [6.07, 6.45) is -4.45. The van der Waals surface area contributed by atoms with Gasteiger partial charge in [-0.05, 0) is 36.9 Å². The first-order valence-corrected chi connectivity index (χ1v) is 11.4. The Balaban J connectivity index is 2.10. The van der Waals surface area contributed by atoms with Crippen LogP contribution in [-0.2, 0) is 21.2 Å². The highest BCUT2D eigenvalue weighted by atomic mass is 35.5. The number of nitrogens with two attached hydrogens (primary N) is 1. The van der Waals surface area contributed by atoms with Crippen molar-refractivity contribution < 1.29 is 31.2 Å². The topological polar surface area (TPSA) is 122 Å². The van der Waals surface area contributed by atoms with Gasteiger partial charge in [-0.2, -0.15) is 13.2 Å². The number of hydrogen-bond donors (Lipinski definition) is 3. The number of nitrogens with zero attached hydrogens (tertiary/aromatic N) is 1. The normalized spacial score (nSPS) is 12.0. The lowest BCUT2D eigenvalue weighted by Gasteiger charge is -2.18. The molecule has 2 amide bonds. The van der Waals surface area contributed by atoms with E-state index in [0.717, 1.165) is 17.0 Å². The quantitative estimate of drug-likeness (QED) is 0.482. The molecule has 0 saturated carbocycles. The summed E-state index contributed by atoms with van der Waals surface area (Å²) >= 11 is 6.03. The van der Waals surface area contributed by atoms with Gasteiger partial charge < -0.3 is 10.6 Å². The molecule has 2 rings (SSSR count). The molecule has 0 unspecified atom stereocenters. The number of halogens is 4. The van der Waals surface area contributed by atoms with Crippen LogP contribution in [0.2, 0.25) is 5.02 Å². The first kappa shape index (κ1) is 26.6. The number of carbonyl (C=O) groups excluding carboxylic acids is 2. The van der Waals surface area contributed by atoms with Gasteiger partial charge in [-0.1, -0.05) is 29.8 Å². The van der Waals surface area contributed by atoms with E-state index < -0.39 is 39.5 Å². The Kier molecular flexibility index (Phi) is 8.83. The van der Waals surface area contributed by atoms with E-state index in [4.69, 9.17) is 16.7 Å². The molecule has 0 aliphatic carbocycles. The molecule has 2 aromatic carbocycles. The Labute approximate surface area is 193 Å². The number of sulfonamides is 1. The van der Waals surface area contributed by atoms with Gasteiger partial charge in [0, 0.05) is 23.8 Å². The molecule has 2 aromatic rings. The molecular weight excluding hydrogens is 485 g/mol. The van der Waals surface area contributed by atoms with Crippen LogP contribution in [0, 0.1) is 0 Å². The maximum Gasteiger partial charge on any atom is 0.401 e. The monoisotopic (exact) mass is 506 g/mol. The van der Waals surface area contributed by atoms with Crippen LogP contribution >= 0.6 is 11.6 Å². The third-order valence-electron chi connectivity index (χ3n) is 4.35. The summed E-state index contributed by atoms with van der Waals surface area (Å²) in [5.74, 6) is -1.32. The van der Waals surface area contributed by atoms with Crippen molar-refractivity contribution in [2.75, 3.05) is 32.0 Å². The van der Waals surface area contributed by atoms with E-state index in [1.54, 1.807) is 24.3 Å². The van der Waals surface area contributed by atoms with Crippen LogP contribution in [-0.4, -0.2) is 58.0 Å². The van der Waals surface area contributed by atoms with Crippen LogP contribution in [0.15, 0.2) is 47.4 Å².